The second-order valence-corrected chi connectivity index (χ2v) is 16.2. The number of rotatable bonds is 12. The van der Waals surface area contributed by atoms with Crippen molar-refractivity contribution in [1.82, 2.24) is 19.8 Å². The van der Waals surface area contributed by atoms with Crippen LogP contribution in [0.3, 0.4) is 0 Å². The molecule has 3 N–H and O–H groups in total. The maximum atomic E-state index is 13.7. The Balaban J connectivity index is 0.000000410. The first-order valence-electron chi connectivity index (χ1n) is 16.8. The van der Waals surface area contributed by atoms with Gasteiger partial charge >= 0.3 is 24.3 Å². The number of para-hydroxylation sites is 1. The minimum absolute atomic E-state index is 0.226. The number of carboxylic acids is 2. The van der Waals surface area contributed by atoms with E-state index in [4.69, 9.17) is 34.3 Å². The van der Waals surface area contributed by atoms with Gasteiger partial charge in [0.25, 0.3) is 10.0 Å². The molecule has 2 fully saturated rings. The van der Waals surface area contributed by atoms with Crippen LogP contribution in [0.4, 0.5) is 32.0 Å². The summed E-state index contributed by atoms with van der Waals surface area (Å²) < 4.78 is 104. The number of thiazole rings is 1. The molecular weight excluding hydrogens is 805 g/mol. The number of piperazine rings is 1. The van der Waals surface area contributed by atoms with E-state index >= 15 is 0 Å². The number of hydrogen-bond donors (Lipinski definition) is 3. The largest absolute Gasteiger partial charge is 0.490 e. The summed E-state index contributed by atoms with van der Waals surface area (Å²) in [5.41, 5.74) is 2.28. The number of aromatic amines is 1. The number of alkyl halides is 6. The van der Waals surface area contributed by atoms with Crippen molar-refractivity contribution in [2.24, 2.45) is 0 Å². The Kier molecular flexibility index (Phi) is 15.5. The molecule has 13 nitrogen and oxygen atoms in total. The average Bonchev–Trinajstić information content (AvgIpc) is 3.95. The SMILES string of the molecule is CCOCCN(c1cccc2cc(-c3ncc(CN4CCN(CC5CCCO5)CC4)s3)[nH]c12)S(=O)(=O)c1cccs1.O=C(O)C(F)(F)F.O=C(O)C(F)(F)F. The molecule has 22 heteroatoms. The molecule has 1 aromatic carbocycles. The molecule has 0 aliphatic carbocycles. The van der Waals surface area contributed by atoms with Crippen molar-refractivity contribution in [1.29, 1.82) is 0 Å². The van der Waals surface area contributed by atoms with E-state index < -0.39 is 34.3 Å². The third kappa shape index (κ3) is 12.6. The number of fused-ring (bicyclic) bond motifs is 1. The maximum absolute atomic E-state index is 13.7. The molecule has 1 atom stereocenters. The minimum atomic E-state index is -5.08. The summed E-state index contributed by atoms with van der Waals surface area (Å²) in [4.78, 5) is 32.3. The zero-order chi connectivity index (χ0) is 40.4. The smallest absolute Gasteiger partial charge is 0.475 e. The van der Waals surface area contributed by atoms with Crippen LogP contribution in [-0.4, -0.2) is 128 Å². The summed E-state index contributed by atoms with van der Waals surface area (Å²) in [6.07, 6.45) is -5.40. The van der Waals surface area contributed by atoms with Gasteiger partial charge < -0.3 is 24.7 Å². The zero-order valence-electron chi connectivity index (χ0n) is 29.3. The number of carboxylic acid groups (broad SMARTS) is 2. The third-order valence-electron chi connectivity index (χ3n) is 8.18. The summed E-state index contributed by atoms with van der Waals surface area (Å²) in [6, 6.07) is 11.2. The Morgan fingerprint density at radius 2 is 1.69 bits per heavy atom. The molecule has 0 radical (unpaired) electrons. The second kappa shape index (κ2) is 19.4. The lowest BCUT2D eigenvalue weighted by Gasteiger charge is -2.35. The van der Waals surface area contributed by atoms with E-state index in [0.717, 1.165) is 67.5 Å². The maximum Gasteiger partial charge on any atom is 0.490 e. The molecule has 6 rings (SSSR count). The lowest BCUT2D eigenvalue weighted by atomic mass is 10.2. The van der Waals surface area contributed by atoms with E-state index in [1.54, 1.807) is 28.8 Å². The first-order valence-corrected chi connectivity index (χ1v) is 19.9. The number of aliphatic carboxylic acids is 2. The highest BCUT2D eigenvalue weighted by molar-refractivity contribution is 7.94. The molecule has 4 aromatic rings. The topological polar surface area (TPSA) is 166 Å². The standard InChI is InChI=1S/C29H37N5O4S3.2C2HF3O2/c1-2-37-16-14-34(41(35,36)27-9-5-17-39-27)26-8-3-6-22-18-25(31-28(22)26)29-30-19-24(40-29)21-33-12-10-32(11-13-33)20-23-7-4-15-38-23;2*3-2(4,5)1(6)7/h3,5-6,8-9,17-19,23,31H,2,4,7,10-16,20-21H2,1H3;2*(H,6,7). The summed E-state index contributed by atoms with van der Waals surface area (Å²) in [5, 5.41) is 17.9. The van der Waals surface area contributed by atoms with Gasteiger partial charge in [-0.1, -0.05) is 18.2 Å². The normalized spacial score (nSPS) is 17.0. The third-order valence-corrected chi connectivity index (χ3v) is 12.4. The van der Waals surface area contributed by atoms with Crippen LogP contribution in [0.1, 0.15) is 24.6 Å². The molecule has 5 heterocycles. The fourth-order valence-electron chi connectivity index (χ4n) is 5.58. The molecule has 0 saturated carbocycles. The number of benzene rings is 1. The predicted molar refractivity (Wildman–Crippen MR) is 193 cm³/mol. The van der Waals surface area contributed by atoms with Crippen molar-refractivity contribution in [2.75, 3.05) is 63.4 Å². The summed E-state index contributed by atoms with van der Waals surface area (Å²) >= 11 is 2.91. The van der Waals surface area contributed by atoms with E-state index in [9.17, 15) is 34.8 Å². The van der Waals surface area contributed by atoms with Crippen molar-refractivity contribution >= 4 is 61.2 Å². The number of H-pyrrole nitrogens is 1. The molecule has 304 valence electrons. The number of carbonyl (C=O) groups is 2. The number of hydrogen-bond acceptors (Lipinski definition) is 11. The first kappa shape index (κ1) is 43.9. The number of aromatic nitrogens is 2. The Morgan fingerprint density at radius 3 is 2.25 bits per heavy atom. The number of anilines is 1. The molecular formula is C33H39F6N5O8S3. The lowest BCUT2D eigenvalue weighted by molar-refractivity contribution is -0.193. The number of sulfonamides is 1. The zero-order valence-corrected chi connectivity index (χ0v) is 31.8. The summed E-state index contributed by atoms with van der Waals surface area (Å²) in [6.45, 7) is 10.1. The van der Waals surface area contributed by atoms with Gasteiger partial charge in [-0.15, -0.1) is 22.7 Å². The van der Waals surface area contributed by atoms with Gasteiger partial charge in [0.15, 0.2) is 0 Å². The number of thiophene rings is 1. The van der Waals surface area contributed by atoms with Crippen LogP contribution in [0.25, 0.3) is 21.6 Å². The van der Waals surface area contributed by atoms with E-state index in [2.05, 4.69) is 20.9 Å². The molecule has 1 unspecified atom stereocenters. The molecule has 0 bridgehead atoms. The van der Waals surface area contributed by atoms with Crippen LogP contribution >= 0.6 is 22.7 Å². The highest BCUT2D eigenvalue weighted by Gasteiger charge is 2.39. The van der Waals surface area contributed by atoms with Gasteiger partial charge in [-0.25, -0.2) is 23.0 Å². The molecule has 55 heavy (non-hydrogen) atoms. The fraction of sp³-hybridized carbons (Fsp3) is 0.485. The number of nitrogens with zero attached hydrogens (tertiary/aromatic N) is 4. The number of halogens is 6. The lowest BCUT2D eigenvalue weighted by Crippen LogP contribution is -2.47. The van der Waals surface area contributed by atoms with Crippen LogP contribution in [-0.2, 0) is 35.6 Å². The molecule has 2 saturated heterocycles. The molecule has 0 amide bonds. The van der Waals surface area contributed by atoms with Gasteiger partial charge in [0.2, 0.25) is 0 Å². The molecule has 2 aliphatic heterocycles. The van der Waals surface area contributed by atoms with E-state index in [-0.39, 0.29) is 6.54 Å². The van der Waals surface area contributed by atoms with Crippen LogP contribution < -0.4 is 4.31 Å². The van der Waals surface area contributed by atoms with E-state index in [1.807, 2.05) is 31.3 Å². The van der Waals surface area contributed by atoms with Crippen LogP contribution in [0.5, 0.6) is 0 Å². The van der Waals surface area contributed by atoms with Crippen LogP contribution in [0.2, 0.25) is 0 Å². The number of ether oxygens (including phenoxy) is 2. The Bertz CT molecular complexity index is 1920. The van der Waals surface area contributed by atoms with Crippen molar-refractivity contribution in [2.45, 2.75) is 49.0 Å². The van der Waals surface area contributed by atoms with Gasteiger partial charge in [0.1, 0.15) is 9.22 Å². The molecule has 2 aliphatic rings. The van der Waals surface area contributed by atoms with E-state index in [0.29, 0.717) is 29.2 Å². The van der Waals surface area contributed by atoms with Crippen molar-refractivity contribution in [3.05, 3.63) is 52.9 Å². The van der Waals surface area contributed by atoms with Crippen molar-refractivity contribution < 1.29 is 64.0 Å². The highest BCUT2D eigenvalue weighted by Crippen LogP contribution is 2.35. The molecule has 3 aromatic heterocycles. The van der Waals surface area contributed by atoms with Gasteiger partial charge in [-0.3, -0.25) is 14.1 Å². The van der Waals surface area contributed by atoms with Crippen LogP contribution in [0.15, 0.2) is 52.2 Å². The average molecular weight is 844 g/mol. The molecule has 0 spiro atoms. The highest BCUT2D eigenvalue weighted by atomic mass is 32.2. The monoisotopic (exact) mass is 843 g/mol. The van der Waals surface area contributed by atoms with Crippen molar-refractivity contribution in [3.8, 4) is 10.7 Å². The second-order valence-electron chi connectivity index (χ2n) is 12.1. The summed E-state index contributed by atoms with van der Waals surface area (Å²) in [7, 11) is -3.74. The fourth-order valence-corrected chi connectivity index (χ4v) is 9.07. The first-order chi connectivity index (χ1) is 25.9. The van der Waals surface area contributed by atoms with Gasteiger partial charge in [0.05, 0.1) is 36.2 Å². The predicted octanol–water partition coefficient (Wildman–Crippen LogP) is 6.15. The minimum Gasteiger partial charge on any atom is -0.475 e. The Hall–Kier alpha value is -3.80. The van der Waals surface area contributed by atoms with Gasteiger partial charge in [-0.05, 0) is 43.3 Å². The van der Waals surface area contributed by atoms with Crippen molar-refractivity contribution in [3.63, 3.8) is 0 Å². The van der Waals surface area contributed by atoms with Crippen LogP contribution in [0, 0.1) is 0 Å². The Labute approximate surface area is 320 Å². The summed E-state index contributed by atoms with van der Waals surface area (Å²) in [5.74, 6) is -5.51. The Morgan fingerprint density at radius 1 is 1.04 bits per heavy atom. The van der Waals surface area contributed by atoms with Gasteiger partial charge in [-0.2, -0.15) is 26.3 Å². The quantitative estimate of drug-likeness (QED) is 0.111. The number of nitrogens with one attached hydrogen (secondary N) is 1. The van der Waals surface area contributed by atoms with Gasteiger partial charge in [0, 0.05) is 68.9 Å². The van der Waals surface area contributed by atoms with E-state index in [1.165, 1.54) is 33.4 Å².